The van der Waals surface area contributed by atoms with Crippen LogP contribution in [-0.2, 0) is 22.6 Å². The first-order valence-electron chi connectivity index (χ1n) is 13.5. The maximum absolute atomic E-state index is 12.8. The van der Waals surface area contributed by atoms with Gasteiger partial charge >= 0.3 is 17.1 Å². The third kappa shape index (κ3) is 5.03. The summed E-state index contributed by atoms with van der Waals surface area (Å²) in [5.74, 6) is -0.565. The van der Waals surface area contributed by atoms with Crippen molar-refractivity contribution in [1.29, 1.82) is 0 Å². The van der Waals surface area contributed by atoms with Crippen molar-refractivity contribution in [2.24, 2.45) is 0 Å². The van der Waals surface area contributed by atoms with E-state index in [0.717, 1.165) is 49.2 Å². The summed E-state index contributed by atoms with van der Waals surface area (Å²) in [6.07, 6.45) is 4.17. The lowest BCUT2D eigenvalue weighted by Gasteiger charge is -2.36. The summed E-state index contributed by atoms with van der Waals surface area (Å²) < 4.78 is 8.35. The summed E-state index contributed by atoms with van der Waals surface area (Å²) in [6, 6.07) is 22.3. The Hall–Kier alpha value is -4.63. The van der Waals surface area contributed by atoms with Crippen LogP contribution in [0.25, 0.3) is 27.5 Å². The van der Waals surface area contributed by atoms with Crippen molar-refractivity contribution in [2.75, 3.05) is 37.7 Å². The quantitative estimate of drug-likeness (QED) is 0.194. The van der Waals surface area contributed by atoms with Crippen LogP contribution in [0.2, 0.25) is 0 Å². The smallest absolute Gasteiger partial charge is 0.326 e. The number of para-hydroxylation sites is 1. The molecule has 0 spiro atoms. The van der Waals surface area contributed by atoms with Crippen molar-refractivity contribution in [3.05, 3.63) is 105 Å². The molecule has 9 heteroatoms. The van der Waals surface area contributed by atoms with Gasteiger partial charge in [-0.1, -0.05) is 30.3 Å². The zero-order valence-electron chi connectivity index (χ0n) is 22.4. The first-order valence-corrected chi connectivity index (χ1v) is 13.5. The second kappa shape index (κ2) is 10.9. The number of esters is 1. The van der Waals surface area contributed by atoms with Gasteiger partial charge in [0.15, 0.2) is 0 Å². The van der Waals surface area contributed by atoms with Crippen LogP contribution in [0.3, 0.4) is 0 Å². The summed E-state index contributed by atoms with van der Waals surface area (Å²) in [5.41, 5.74) is 2.84. The van der Waals surface area contributed by atoms with Gasteiger partial charge in [0, 0.05) is 61.9 Å². The van der Waals surface area contributed by atoms with Crippen LogP contribution in [0.4, 0.5) is 5.69 Å². The van der Waals surface area contributed by atoms with Crippen LogP contribution < -0.4 is 16.0 Å². The topological polar surface area (TPSA) is 92.6 Å². The third-order valence-corrected chi connectivity index (χ3v) is 7.48. The number of nitrogens with zero attached hydrogens (tertiary/aromatic N) is 4. The first kappa shape index (κ1) is 25.6. The van der Waals surface area contributed by atoms with Crippen molar-refractivity contribution in [3.63, 3.8) is 0 Å². The van der Waals surface area contributed by atoms with Gasteiger partial charge in [0.25, 0.3) is 0 Å². The molecule has 0 amide bonds. The number of benzene rings is 3. The van der Waals surface area contributed by atoms with Crippen LogP contribution in [0.15, 0.2) is 88.7 Å². The van der Waals surface area contributed by atoms with Crippen molar-refractivity contribution in [1.82, 2.24) is 19.0 Å². The van der Waals surface area contributed by atoms with Crippen molar-refractivity contribution >= 4 is 33.5 Å². The number of anilines is 1. The monoisotopic (exact) mass is 537 g/mol. The first-order chi connectivity index (χ1) is 19.5. The number of hydrogen-bond acceptors (Lipinski definition) is 6. The minimum Gasteiger partial charge on any atom is -0.465 e. The number of nitrogens with one attached hydrogen (secondary N) is 1. The lowest BCUT2D eigenvalue weighted by molar-refractivity contribution is -0.143. The molecule has 1 N–H and O–H groups in total. The number of fused-ring (bicyclic) bond motifs is 3. The fraction of sp³-hybridized carbons (Fsp3) is 0.258. The molecule has 3 heterocycles. The Bertz CT molecular complexity index is 1800. The van der Waals surface area contributed by atoms with Crippen LogP contribution in [0.1, 0.15) is 12.5 Å². The average molecular weight is 538 g/mol. The highest BCUT2D eigenvalue weighted by atomic mass is 16.5. The highest BCUT2D eigenvalue weighted by Gasteiger charge is 2.18. The van der Waals surface area contributed by atoms with Gasteiger partial charge in [0.1, 0.15) is 6.54 Å². The number of aromatic nitrogens is 3. The number of piperazine rings is 1. The second-order valence-electron chi connectivity index (χ2n) is 10.0. The predicted octanol–water partition coefficient (Wildman–Crippen LogP) is 3.52. The van der Waals surface area contributed by atoms with E-state index in [4.69, 9.17) is 4.74 Å². The zero-order chi connectivity index (χ0) is 27.6. The molecule has 1 aliphatic heterocycles. The Kier molecular flexibility index (Phi) is 6.96. The van der Waals surface area contributed by atoms with E-state index in [2.05, 4.69) is 55.9 Å². The predicted molar refractivity (Wildman–Crippen MR) is 156 cm³/mol. The number of rotatable bonds is 7. The second-order valence-corrected chi connectivity index (χ2v) is 10.0. The molecule has 3 aromatic carbocycles. The highest BCUT2D eigenvalue weighted by Crippen LogP contribution is 2.26. The summed E-state index contributed by atoms with van der Waals surface area (Å²) in [7, 11) is 0. The van der Waals surface area contributed by atoms with Gasteiger partial charge in [-0.3, -0.25) is 23.9 Å². The van der Waals surface area contributed by atoms with Gasteiger partial charge in [-0.05, 0) is 54.3 Å². The molecule has 6 rings (SSSR count). The van der Waals surface area contributed by atoms with E-state index in [1.807, 2.05) is 36.5 Å². The lowest BCUT2D eigenvalue weighted by atomic mass is 10.1. The van der Waals surface area contributed by atoms with Crippen molar-refractivity contribution < 1.29 is 9.53 Å². The van der Waals surface area contributed by atoms with E-state index in [9.17, 15) is 14.4 Å². The van der Waals surface area contributed by atoms with E-state index < -0.39 is 17.1 Å². The Morgan fingerprint density at radius 3 is 2.48 bits per heavy atom. The normalized spacial score (nSPS) is 14.2. The molecule has 0 saturated carbocycles. The van der Waals surface area contributed by atoms with Crippen LogP contribution >= 0.6 is 0 Å². The number of carbonyl (C=O) groups excluding carboxylic acids is 1. The fourth-order valence-corrected chi connectivity index (χ4v) is 5.49. The number of H-pyrrole nitrogens is 1. The minimum absolute atomic E-state index is 0.193. The standard InChI is InChI=1S/C31H31N5O4/c1-2-40-28(37)21-36-29-26-18-25(10-8-23(26)9-11-27(29)32-30(38)31(36)39)35-13-12-22(20-35)19-33-14-16-34(17-15-33)24-6-4-3-5-7-24/h3-13,18,20H,2,14-17,19,21H2,1H3,(H,32,38). The Morgan fingerprint density at radius 1 is 0.925 bits per heavy atom. The number of aromatic amines is 1. The van der Waals surface area contributed by atoms with Gasteiger partial charge in [-0.25, -0.2) is 0 Å². The molecule has 1 aliphatic rings. The van der Waals surface area contributed by atoms with Gasteiger partial charge in [-0.15, -0.1) is 0 Å². The van der Waals surface area contributed by atoms with Crippen LogP contribution in [-0.4, -0.2) is 57.8 Å². The maximum Gasteiger partial charge on any atom is 0.326 e. The molecular weight excluding hydrogens is 506 g/mol. The van der Waals surface area contributed by atoms with E-state index in [0.29, 0.717) is 11.0 Å². The van der Waals surface area contributed by atoms with Crippen LogP contribution in [0, 0.1) is 0 Å². The number of ether oxygens (including phenoxy) is 1. The van der Waals surface area contributed by atoms with Crippen molar-refractivity contribution in [2.45, 2.75) is 20.0 Å². The molecule has 1 fully saturated rings. The van der Waals surface area contributed by atoms with E-state index in [-0.39, 0.29) is 13.2 Å². The highest BCUT2D eigenvalue weighted by molar-refractivity contribution is 6.05. The molecule has 1 saturated heterocycles. The summed E-state index contributed by atoms with van der Waals surface area (Å²) in [5, 5.41) is 1.66. The summed E-state index contributed by atoms with van der Waals surface area (Å²) >= 11 is 0. The largest absolute Gasteiger partial charge is 0.465 e. The van der Waals surface area contributed by atoms with E-state index >= 15 is 0 Å². The van der Waals surface area contributed by atoms with Crippen molar-refractivity contribution in [3.8, 4) is 5.69 Å². The van der Waals surface area contributed by atoms with E-state index in [1.165, 1.54) is 15.8 Å². The Labute approximate surface area is 230 Å². The Morgan fingerprint density at radius 2 is 1.70 bits per heavy atom. The fourth-order valence-electron chi connectivity index (χ4n) is 5.49. The lowest BCUT2D eigenvalue weighted by Crippen LogP contribution is -2.45. The minimum atomic E-state index is -0.783. The molecule has 2 aromatic heterocycles. The SMILES string of the molecule is CCOC(=O)Cn1c(=O)c(=O)[nH]c2ccc3ccc(-n4ccc(CN5CCN(c6ccccc6)CC5)c4)cc3c21. The molecule has 0 atom stereocenters. The number of carbonyl (C=O) groups is 1. The van der Waals surface area contributed by atoms with E-state index in [1.54, 1.807) is 13.0 Å². The van der Waals surface area contributed by atoms with Gasteiger partial charge in [-0.2, -0.15) is 0 Å². The maximum atomic E-state index is 12.8. The molecule has 0 aliphatic carbocycles. The number of hydrogen-bond donors (Lipinski definition) is 1. The molecule has 0 unspecified atom stereocenters. The van der Waals surface area contributed by atoms with Gasteiger partial charge in [0.2, 0.25) is 0 Å². The molecule has 0 bridgehead atoms. The average Bonchev–Trinajstić information content (AvgIpc) is 3.44. The van der Waals surface area contributed by atoms with Gasteiger partial charge in [0.05, 0.1) is 17.6 Å². The molecule has 9 nitrogen and oxygen atoms in total. The summed E-state index contributed by atoms with van der Waals surface area (Å²) in [6.45, 7) is 6.42. The summed E-state index contributed by atoms with van der Waals surface area (Å²) in [4.78, 5) is 45.0. The van der Waals surface area contributed by atoms with Crippen LogP contribution in [0.5, 0.6) is 0 Å². The molecule has 0 radical (unpaired) electrons. The Balaban J connectivity index is 1.27. The molecule has 5 aromatic rings. The van der Waals surface area contributed by atoms with Gasteiger partial charge < -0.3 is 19.2 Å². The molecule has 40 heavy (non-hydrogen) atoms. The molecular formula is C31H31N5O4. The zero-order valence-corrected chi connectivity index (χ0v) is 22.4. The molecule has 204 valence electrons. The third-order valence-electron chi connectivity index (χ3n) is 7.48.